The Morgan fingerprint density at radius 1 is 0.805 bits per heavy atom. The van der Waals surface area contributed by atoms with E-state index in [1.54, 1.807) is 0 Å². The summed E-state index contributed by atoms with van der Waals surface area (Å²) in [7, 11) is -4.21. The van der Waals surface area contributed by atoms with Gasteiger partial charge in [-0.1, -0.05) is 106 Å². The Hall–Kier alpha value is -0.836. The number of aliphatic hydroxyl groups excluding tert-OH is 1. The number of hydrogen-bond acceptors (Lipinski definition) is 5. The van der Waals surface area contributed by atoms with Gasteiger partial charge in [0.1, 0.15) is 5.78 Å². The second-order valence-corrected chi connectivity index (χ2v) is 25.3. The fourth-order valence-corrected chi connectivity index (χ4v) is 7.60. The molecule has 5 nitrogen and oxygen atoms in total. The molecule has 0 aliphatic heterocycles. The molecule has 0 heterocycles. The van der Waals surface area contributed by atoms with E-state index in [4.69, 9.17) is 13.6 Å². The molecule has 0 radical (unpaired) electrons. The number of aliphatic hydroxyl groups is 1. The molecule has 1 aromatic carbocycles. The molecule has 0 aliphatic rings. The summed E-state index contributed by atoms with van der Waals surface area (Å²) in [6, 6.07) is 10.1. The van der Waals surface area contributed by atoms with Crippen molar-refractivity contribution in [2.45, 2.75) is 144 Å². The molecule has 6 atom stereocenters. The lowest BCUT2D eigenvalue weighted by atomic mass is 9.84. The van der Waals surface area contributed by atoms with Gasteiger partial charge in [-0.2, -0.15) is 0 Å². The van der Waals surface area contributed by atoms with Gasteiger partial charge in [-0.3, -0.25) is 4.79 Å². The highest BCUT2D eigenvalue weighted by atomic mass is 28.4. The molecule has 1 rings (SSSR count). The van der Waals surface area contributed by atoms with Gasteiger partial charge in [-0.15, -0.1) is 0 Å². The van der Waals surface area contributed by atoms with Gasteiger partial charge < -0.3 is 18.7 Å². The Kier molecular flexibility index (Phi) is 14.2. The molecule has 0 aliphatic carbocycles. The molecule has 7 heteroatoms. The van der Waals surface area contributed by atoms with Crippen LogP contribution in [0.2, 0.25) is 36.3 Å². The fraction of sp³-hybridized carbons (Fsp3) is 0.794. The van der Waals surface area contributed by atoms with Crippen LogP contribution in [0, 0.1) is 23.7 Å². The SMILES string of the molecule is CC(C)[C@@H](O[Si](C)(C)C(C)(C)C)[C@@H](C)[C@H](O)CC(=O)[C@@H](C)[C@H](O[Si](C)(C)C(C)(C)C)[C@H](C)COCc1ccccc1. The molecule has 0 saturated carbocycles. The Labute approximate surface area is 255 Å². The summed E-state index contributed by atoms with van der Waals surface area (Å²) in [6.07, 6.45) is -1.08. The number of carbonyl (C=O) groups excluding carboxylic acids is 1. The van der Waals surface area contributed by atoms with Gasteiger partial charge in [0.25, 0.3) is 0 Å². The third-order valence-corrected chi connectivity index (χ3v) is 18.7. The first-order valence-electron chi connectivity index (χ1n) is 15.7. The van der Waals surface area contributed by atoms with Crippen molar-refractivity contribution in [2.24, 2.45) is 23.7 Å². The van der Waals surface area contributed by atoms with Crippen molar-refractivity contribution in [2.75, 3.05) is 6.61 Å². The van der Waals surface area contributed by atoms with Crippen LogP contribution in [0.5, 0.6) is 0 Å². The average molecular weight is 609 g/mol. The summed E-state index contributed by atoms with van der Waals surface area (Å²) in [5.74, 6) is -0.228. The minimum Gasteiger partial charge on any atom is -0.413 e. The van der Waals surface area contributed by atoms with Crippen molar-refractivity contribution >= 4 is 22.4 Å². The standard InChI is InChI=1S/C34H64O5Si2/c1-24(2)31(38-40(12,13)33(6,7)8)26(4)29(35)21-30(36)27(5)32(39-41(14,15)34(9,10)11)25(3)22-37-23-28-19-17-16-18-20-28/h16-20,24-27,29,31-32,35H,21-23H2,1-15H3/t25-,26+,27-,29-,31-,32-/m1/s1. The van der Waals surface area contributed by atoms with Gasteiger partial charge in [0, 0.05) is 24.2 Å². The zero-order valence-electron chi connectivity index (χ0n) is 29.1. The van der Waals surface area contributed by atoms with E-state index in [0.717, 1.165) is 5.56 Å². The van der Waals surface area contributed by atoms with E-state index in [0.29, 0.717) is 13.2 Å². The van der Waals surface area contributed by atoms with Crippen molar-refractivity contribution < 1.29 is 23.5 Å². The molecule has 41 heavy (non-hydrogen) atoms. The Morgan fingerprint density at radius 2 is 1.27 bits per heavy atom. The van der Waals surface area contributed by atoms with Crippen molar-refractivity contribution in [1.82, 2.24) is 0 Å². The third-order valence-electron chi connectivity index (χ3n) is 9.72. The molecule has 0 amide bonds. The number of ketones is 1. The Balaban J connectivity index is 3.08. The second kappa shape index (κ2) is 15.2. The van der Waals surface area contributed by atoms with E-state index in [9.17, 15) is 9.90 Å². The van der Waals surface area contributed by atoms with Gasteiger partial charge in [0.05, 0.1) is 31.5 Å². The third kappa shape index (κ3) is 11.3. The van der Waals surface area contributed by atoms with Crippen LogP contribution >= 0.6 is 0 Å². The lowest BCUT2D eigenvalue weighted by Gasteiger charge is -2.43. The molecule has 1 N–H and O–H groups in total. The summed E-state index contributed by atoms with van der Waals surface area (Å²) < 4.78 is 19.8. The molecule has 0 aromatic heterocycles. The van der Waals surface area contributed by atoms with E-state index < -0.39 is 22.7 Å². The van der Waals surface area contributed by atoms with Crippen molar-refractivity contribution in [3.8, 4) is 0 Å². The molecule has 0 bridgehead atoms. The topological polar surface area (TPSA) is 65.0 Å². The minimum absolute atomic E-state index is 0.0121. The lowest BCUT2D eigenvalue weighted by molar-refractivity contribution is -0.130. The predicted molar refractivity (Wildman–Crippen MR) is 178 cm³/mol. The number of Topliss-reactive ketones (excluding diaryl/α,β-unsaturated/α-hetero) is 1. The summed E-state index contributed by atoms with van der Waals surface area (Å²) in [4.78, 5) is 13.8. The smallest absolute Gasteiger partial charge is 0.192 e. The zero-order chi connectivity index (χ0) is 32.0. The zero-order valence-corrected chi connectivity index (χ0v) is 31.1. The van der Waals surface area contributed by atoms with Gasteiger partial charge >= 0.3 is 0 Å². The highest BCUT2D eigenvalue weighted by Crippen LogP contribution is 2.41. The Bertz CT molecular complexity index is 917. The first-order chi connectivity index (χ1) is 18.5. The van der Waals surface area contributed by atoms with Crippen molar-refractivity contribution in [1.29, 1.82) is 0 Å². The van der Waals surface area contributed by atoms with Crippen LogP contribution < -0.4 is 0 Å². The maximum atomic E-state index is 13.8. The largest absolute Gasteiger partial charge is 0.413 e. The van der Waals surface area contributed by atoms with E-state index in [2.05, 4.69) is 101 Å². The summed E-state index contributed by atoms with van der Waals surface area (Å²) in [6.45, 7) is 33.8. The summed E-state index contributed by atoms with van der Waals surface area (Å²) >= 11 is 0. The number of ether oxygens (including phenoxy) is 1. The van der Waals surface area contributed by atoms with Crippen LogP contribution in [0.15, 0.2) is 30.3 Å². The van der Waals surface area contributed by atoms with Crippen LogP contribution in [-0.4, -0.2) is 52.4 Å². The van der Waals surface area contributed by atoms with E-state index >= 15 is 0 Å². The van der Waals surface area contributed by atoms with Crippen LogP contribution in [0.1, 0.15) is 88.1 Å². The van der Waals surface area contributed by atoms with Crippen molar-refractivity contribution in [3.05, 3.63) is 35.9 Å². The first kappa shape index (κ1) is 38.2. The number of hydrogen-bond donors (Lipinski definition) is 1. The Morgan fingerprint density at radius 3 is 1.71 bits per heavy atom. The monoisotopic (exact) mass is 608 g/mol. The molecule has 1 aromatic rings. The van der Waals surface area contributed by atoms with Gasteiger partial charge in [0.2, 0.25) is 0 Å². The number of benzene rings is 1. The summed E-state index contributed by atoms with van der Waals surface area (Å²) in [5.41, 5.74) is 1.13. The molecular weight excluding hydrogens is 545 g/mol. The van der Waals surface area contributed by atoms with E-state index in [1.807, 2.05) is 32.0 Å². The molecule has 238 valence electrons. The maximum Gasteiger partial charge on any atom is 0.192 e. The molecule has 0 spiro atoms. The average Bonchev–Trinajstić information content (AvgIpc) is 2.83. The van der Waals surface area contributed by atoms with E-state index in [-0.39, 0.29) is 58.2 Å². The van der Waals surface area contributed by atoms with Gasteiger partial charge in [0.15, 0.2) is 16.6 Å². The predicted octanol–water partition coefficient (Wildman–Crippen LogP) is 8.87. The van der Waals surface area contributed by atoms with Crippen LogP contribution in [0.25, 0.3) is 0 Å². The van der Waals surface area contributed by atoms with Gasteiger partial charge in [-0.05, 0) is 47.7 Å². The highest BCUT2D eigenvalue weighted by Gasteiger charge is 2.44. The first-order valence-corrected chi connectivity index (χ1v) is 21.5. The fourth-order valence-electron chi connectivity index (χ4n) is 4.61. The highest BCUT2D eigenvalue weighted by molar-refractivity contribution is 6.74. The summed E-state index contributed by atoms with van der Waals surface area (Å²) in [5, 5.41) is 11.4. The molecular formula is C34H64O5Si2. The van der Waals surface area contributed by atoms with Gasteiger partial charge in [-0.25, -0.2) is 0 Å². The number of carbonyl (C=O) groups is 1. The quantitative estimate of drug-likeness (QED) is 0.190. The molecule has 0 unspecified atom stereocenters. The van der Waals surface area contributed by atoms with Crippen LogP contribution in [0.4, 0.5) is 0 Å². The molecule has 0 fully saturated rings. The number of rotatable bonds is 16. The normalized spacial score (nSPS) is 18.1. The van der Waals surface area contributed by atoms with E-state index in [1.165, 1.54) is 0 Å². The lowest BCUT2D eigenvalue weighted by Crippen LogP contribution is -2.50. The van der Waals surface area contributed by atoms with Crippen molar-refractivity contribution in [3.63, 3.8) is 0 Å². The van der Waals surface area contributed by atoms with Crippen LogP contribution in [0.3, 0.4) is 0 Å². The minimum atomic E-state index is -2.17. The molecule has 0 saturated heterocycles. The maximum absolute atomic E-state index is 13.8. The van der Waals surface area contributed by atoms with Crippen LogP contribution in [-0.2, 0) is 25.0 Å². The second-order valence-electron chi connectivity index (χ2n) is 15.8.